The molecule has 1 aromatic rings. The van der Waals surface area contributed by atoms with Crippen LogP contribution in [-0.2, 0) is 4.79 Å². The van der Waals surface area contributed by atoms with E-state index in [1.54, 1.807) is 7.11 Å². The highest BCUT2D eigenvalue weighted by Crippen LogP contribution is 2.22. The van der Waals surface area contributed by atoms with E-state index in [4.69, 9.17) is 4.74 Å². The molecule has 1 N–H and O–H groups in total. The molecule has 0 spiro atoms. The summed E-state index contributed by atoms with van der Waals surface area (Å²) in [5.74, 6) is 1.11. The summed E-state index contributed by atoms with van der Waals surface area (Å²) in [6.45, 7) is 0.919. The first kappa shape index (κ1) is 10.2. The fourth-order valence-corrected chi connectivity index (χ4v) is 1.87. The van der Waals surface area contributed by atoms with Crippen molar-refractivity contribution >= 4 is 5.78 Å². The number of rotatable bonds is 2. The van der Waals surface area contributed by atoms with E-state index >= 15 is 0 Å². The van der Waals surface area contributed by atoms with Gasteiger partial charge in [-0.1, -0.05) is 12.1 Å². The number of ketones is 1. The van der Waals surface area contributed by atoms with Crippen LogP contribution in [0.1, 0.15) is 24.4 Å². The van der Waals surface area contributed by atoms with Gasteiger partial charge in [0.05, 0.1) is 13.2 Å². The summed E-state index contributed by atoms with van der Waals surface area (Å²) in [6.07, 6.45) is 1.63. The van der Waals surface area contributed by atoms with Gasteiger partial charge in [-0.2, -0.15) is 0 Å². The number of carbonyl (C=O) groups is 1. The zero-order valence-electron chi connectivity index (χ0n) is 8.82. The van der Waals surface area contributed by atoms with Crippen LogP contribution in [0.3, 0.4) is 0 Å². The van der Waals surface area contributed by atoms with Gasteiger partial charge in [-0.15, -0.1) is 0 Å². The molecule has 1 heterocycles. The monoisotopic (exact) mass is 205 g/mol. The quantitative estimate of drug-likeness (QED) is 0.798. The molecule has 1 fully saturated rings. The second-order valence-corrected chi connectivity index (χ2v) is 3.73. The molecule has 3 nitrogen and oxygen atoms in total. The Hall–Kier alpha value is -1.35. The highest BCUT2D eigenvalue weighted by molar-refractivity contribution is 5.86. The topological polar surface area (TPSA) is 38.3 Å². The van der Waals surface area contributed by atoms with Crippen molar-refractivity contribution < 1.29 is 9.53 Å². The van der Waals surface area contributed by atoms with Gasteiger partial charge in [0.1, 0.15) is 5.75 Å². The molecule has 0 radical (unpaired) electrons. The first-order valence-corrected chi connectivity index (χ1v) is 5.21. The summed E-state index contributed by atoms with van der Waals surface area (Å²) in [5, 5.41) is 3.23. The number of carbonyl (C=O) groups excluding carboxylic acids is 1. The Morgan fingerprint density at radius 3 is 2.67 bits per heavy atom. The number of benzene rings is 1. The predicted molar refractivity (Wildman–Crippen MR) is 58.0 cm³/mol. The number of nitrogens with one attached hydrogen (secondary N) is 1. The average molecular weight is 205 g/mol. The molecule has 2 rings (SSSR count). The van der Waals surface area contributed by atoms with Crippen molar-refractivity contribution in [2.45, 2.75) is 18.9 Å². The maximum absolute atomic E-state index is 11.7. The lowest BCUT2D eigenvalue weighted by atomic mass is 9.96. The normalized spacial score (nSPS) is 21.4. The zero-order valence-corrected chi connectivity index (χ0v) is 8.82. The second-order valence-electron chi connectivity index (χ2n) is 3.73. The molecular weight excluding hydrogens is 190 g/mol. The highest BCUT2D eigenvalue weighted by atomic mass is 16.5. The molecular formula is C12H15NO2. The summed E-state index contributed by atoms with van der Waals surface area (Å²) in [7, 11) is 1.64. The van der Waals surface area contributed by atoms with Crippen LogP contribution < -0.4 is 10.1 Å². The number of ether oxygens (including phenoxy) is 1. The Bertz CT molecular complexity index is 345. The van der Waals surface area contributed by atoms with E-state index in [9.17, 15) is 4.79 Å². The van der Waals surface area contributed by atoms with Crippen molar-refractivity contribution in [3.63, 3.8) is 0 Å². The fraction of sp³-hybridized carbons (Fsp3) is 0.417. The standard InChI is InChI=1S/C12H15NO2/c1-15-10-6-4-9(5-7-10)12-11(14)3-2-8-13-12/h4-7,12-13H,2-3,8H2,1H3. The summed E-state index contributed by atoms with van der Waals surface area (Å²) < 4.78 is 5.08. The van der Waals surface area contributed by atoms with E-state index in [1.165, 1.54) is 0 Å². The minimum Gasteiger partial charge on any atom is -0.497 e. The lowest BCUT2D eigenvalue weighted by Crippen LogP contribution is -2.34. The Balaban J connectivity index is 2.17. The highest BCUT2D eigenvalue weighted by Gasteiger charge is 2.22. The van der Waals surface area contributed by atoms with Crippen molar-refractivity contribution in [3.05, 3.63) is 29.8 Å². The molecule has 0 aromatic heterocycles. The summed E-state index contributed by atoms with van der Waals surface area (Å²) in [6, 6.07) is 7.54. The van der Waals surface area contributed by atoms with Crippen LogP contribution in [0.4, 0.5) is 0 Å². The molecule has 0 saturated carbocycles. The maximum Gasteiger partial charge on any atom is 0.154 e. The Morgan fingerprint density at radius 2 is 2.07 bits per heavy atom. The van der Waals surface area contributed by atoms with Gasteiger partial charge in [0.25, 0.3) is 0 Å². The van der Waals surface area contributed by atoms with Crippen molar-refractivity contribution in [2.75, 3.05) is 13.7 Å². The molecule has 1 saturated heterocycles. The van der Waals surface area contributed by atoms with Crippen molar-refractivity contribution in [1.29, 1.82) is 0 Å². The molecule has 0 aliphatic carbocycles. The third-order valence-corrected chi connectivity index (χ3v) is 2.72. The van der Waals surface area contributed by atoms with Gasteiger partial charge in [0.2, 0.25) is 0 Å². The van der Waals surface area contributed by atoms with Gasteiger partial charge in [0.15, 0.2) is 5.78 Å². The number of methoxy groups -OCH3 is 1. The minimum absolute atomic E-state index is 0.121. The van der Waals surface area contributed by atoms with Crippen LogP contribution in [0.2, 0.25) is 0 Å². The maximum atomic E-state index is 11.7. The van der Waals surface area contributed by atoms with Crippen LogP contribution >= 0.6 is 0 Å². The molecule has 1 unspecified atom stereocenters. The molecule has 1 atom stereocenters. The third-order valence-electron chi connectivity index (χ3n) is 2.72. The molecule has 3 heteroatoms. The van der Waals surface area contributed by atoms with Gasteiger partial charge in [-0.3, -0.25) is 4.79 Å². The lowest BCUT2D eigenvalue weighted by Gasteiger charge is -2.22. The molecule has 80 valence electrons. The van der Waals surface area contributed by atoms with E-state index in [1.807, 2.05) is 24.3 Å². The minimum atomic E-state index is -0.121. The third kappa shape index (κ3) is 2.18. The summed E-state index contributed by atoms with van der Waals surface area (Å²) in [5.41, 5.74) is 1.03. The lowest BCUT2D eigenvalue weighted by molar-refractivity contribution is -0.122. The Labute approximate surface area is 89.4 Å². The average Bonchev–Trinajstić information content (AvgIpc) is 2.30. The van der Waals surface area contributed by atoms with Gasteiger partial charge in [-0.25, -0.2) is 0 Å². The molecule has 15 heavy (non-hydrogen) atoms. The predicted octanol–water partition coefficient (Wildman–Crippen LogP) is 1.69. The van der Waals surface area contributed by atoms with E-state index in [2.05, 4.69) is 5.32 Å². The smallest absolute Gasteiger partial charge is 0.154 e. The fourth-order valence-electron chi connectivity index (χ4n) is 1.87. The van der Waals surface area contributed by atoms with E-state index in [-0.39, 0.29) is 11.8 Å². The zero-order chi connectivity index (χ0) is 10.7. The van der Waals surface area contributed by atoms with Gasteiger partial charge in [-0.05, 0) is 30.7 Å². The second kappa shape index (κ2) is 4.45. The number of Topliss-reactive ketones (excluding diaryl/α,β-unsaturated/α-hetero) is 1. The van der Waals surface area contributed by atoms with Gasteiger partial charge in [0, 0.05) is 6.42 Å². The molecule has 1 aliphatic rings. The van der Waals surface area contributed by atoms with Crippen LogP contribution in [-0.4, -0.2) is 19.4 Å². The first-order chi connectivity index (χ1) is 7.31. The number of hydrogen-bond acceptors (Lipinski definition) is 3. The molecule has 1 aromatic carbocycles. The number of hydrogen-bond donors (Lipinski definition) is 1. The van der Waals surface area contributed by atoms with Crippen LogP contribution in [0.15, 0.2) is 24.3 Å². The van der Waals surface area contributed by atoms with Crippen LogP contribution in [0.25, 0.3) is 0 Å². The van der Waals surface area contributed by atoms with Gasteiger partial charge < -0.3 is 10.1 Å². The van der Waals surface area contributed by atoms with E-state index < -0.39 is 0 Å². The van der Waals surface area contributed by atoms with Crippen molar-refractivity contribution in [2.24, 2.45) is 0 Å². The Kier molecular flexibility index (Phi) is 3.02. The molecule has 1 aliphatic heterocycles. The molecule has 0 bridgehead atoms. The van der Waals surface area contributed by atoms with Gasteiger partial charge >= 0.3 is 0 Å². The largest absolute Gasteiger partial charge is 0.497 e. The van der Waals surface area contributed by atoms with Crippen molar-refractivity contribution in [3.8, 4) is 5.75 Å². The summed E-state index contributed by atoms with van der Waals surface area (Å²) >= 11 is 0. The van der Waals surface area contributed by atoms with Crippen LogP contribution in [0.5, 0.6) is 5.75 Å². The number of piperidine rings is 1. The Morgan fingerprint density at radius 1 is 1.33 bits per heavy atom. The van der Waals surface area contributed by atoms with Crippen LogP contribution in [0, 0.1) is 0 Å². The van der Waals surface area contributed by atoms with E-state index in [0.29, 0.717) is 6.42 Å². The van der Waals surface area contributed by atoms with Crippen molar-refractivity contribution in [1.82, 2.24) is 5.32 Å². The molecule has 0 amide bonds. The van der Waals surface area contributed by atoms with E-state index in [0.717, 1.165) is 24.3 Å². The summed E-state index contributed by atoms with van der Waals surface area (Å²) in [4.78, 5) is 11.7. The first-order valence-electron chi connectivity index (χ1n) is 5.21. The SMILES string of the molecule is COc1ccc(C2NCCCC2=O)cc1.